The number of methoxy groups -OCH3 is 2. The number of para-hydroxylation sites is 2. The van der Waals surface area contributed by atoms with Gasteiger partial charge in [-0.25, -0.2) is 4.68 Å². The van der Waals surface area contributed by atoms with Gasteiger partial charge in [0.25, 0.3) is 5.91 Å². The monoisotopic (exact) mass is 451 g/mol. The van der Waals surface area contributed by atoms with E-state index in [0.717, 1.165) is 22.6 Å². The molecular formula is C25H29N3O5. The number of ether oxygens (including phenoxy) is 3. The fourth-order valence-corrected chi connectivity index (χ4v) is 3.54. The largest absolute Gasteiger partial charge is 0.493 e. The van der Waals surface area contributed by atoms with E-state index in [9.17, 15) is 9.59 Å². The van der Waals surface area contributed by atoms with E-state index in [-0.39, 0.29) is 11.9 Å². The first-order valence-corrected chi connectivity index (χ1v) is 10.7. The van der Waals surface area contributed by atoms with E-state index < -0.39 is 0 Å². The summed E-state index contributed by atoms with van der Waals surface area (Å²) in [5.74, 6) is 0.856. The van der Waals surface area contributed by atoms with Gasteiger partial charge in [-0.2, -0.15) is 5.10 Å². The fourth-order valence-electron chi connectivity index (χ4n) is 3.54. The molecule has 0 aliphatic heterocycles. The minimum atomic E-state index is -0.245. The number of rotatable bonds is 10. The molecule has 0 aliphatic carbocycles. The van der Waals surface area contributed by atoms with E-state index >= 15 is 0 Å². The number of hydrogen-bond acceptors (Lipinski definition) is 6. The van der Waals surface area contributed by atoms with Gasteiger partial charge in [-0.05, 0) is 62.2 Å². The zero-order chi connectivity index (χ0) is 23.8. The van der Waals surface area contributed by atoms with Gasteiger partial charge in [0.1, 0.15) is 6.61 Å². The van der Waals surface area contributed by atoms with Crippen molar-refractivity contribution in [1.82, 2.24) is 15.1 Å². The van der Waals surface area contributed by atoms with Gasteiger partial charge in [0.05, 0.1) is 32.1 Å². The molecule has 0 bridgehead atoms. The molecule has 0 fully saturated rings. The maximum atomic E-state index is 12.5. The molecule has 1 aromatic heterocycles. The molecule has 0 spiro atoms. The lowest BCUT2D eigenvalue weighted by Gasteiger charge is -2.11. The molecule has 3 aromatic rings. The molecule has 174 valence electrons. The molecule has 0 saturated carbocycles. The van der Waals surface area contributed by atoms with Crippen LogP contribution in [0.5, 0.6) is 11.5 Å². The van der Waals surface area contributed by atoms with Gasteiger partial charge < -0.3 is 19.5 Å². The summed E-state index contributed by atoms with van der Waals surface area (Å²) in [5.41, 5.74) is 4.24. The van der Waals surface area contributed by atoms with Crippen LogP contribution in [-0.4, -0.2) is 49.0 Å². The summed E-state index contributed by atoms with van der Waals surface area (Å²) in [6, 6.07) is 14.6. The van der Waals surface area contributed by atoms with Crippen LogP contribution in [0, 0.1) is 13.8 Å². The number of hydrogen-bond donors (Lipinski definition) is 1. The number of nitrogens with zero attached hydrogens (tertiary/aromatic N) is 2. The number of carbonyl (C=O) groups is 2. The molecule has 3 rings (SSSR count). The van der Waals surface area contributed by atoms with Crippen LogP contribution in [0.4, 0.5) is 0 Å². The highest BCUT2D eigenvalue weighted by molar-refractivity contribution is 5.94. The van der Waals surface area contributed by atoms with E-state index in [0.29, 0.717) is 43.1 Å². The van der Waals surface area contributed by atoms with Crippen LogP contribution in [0.2, 0.25) is 0 Å². The Balaban J connectivity index is 1.57. The molecular weight excluding hydrogens is 422 g/mol. The molecule has 1 heterocycles. The van der Waals surface area contributed by atoms with E-state index in [1.807, 2.05) is 54.9 Å². The normalized spacial score (nSPS) is 10.5. The number of nitrogens with one attached hydrogen (secondary N) is 1. The van der Waals surface area contributed by atoms with Crippen LogP contribution in [0.1, 0.15) is 33.7 Å². The number of esters is 1. The van der Waals surface area contributed by atoms with Crippen molar-refractivity contribution in [2.45, 2.75) is 26.7 Å². The summed E-state index contributed by atoms with van der Waals surface area (Å²) in [7, 11) is 2.97. The Bertz CT molecular complexity index is 1110. The lowest BCUT2D eigenvalue weighted by atomic mass is 10.1. The van der Waals surface area contributed by atoms with Crippen molar-refractivity contribution in [3.63, 3.8) is 0 Å². The minimum Gasteiger partial charge on any atom is -0.493 e. The van der Waals surface area contributed by atoms with Gasteiger partial charge in [0, 0.05) is 17.7 Å². The third-order valence-electron chi connectivity index (χ3n) is 5.34. The van der Waals surface area contributed by atoms with Crippen LogP contribution >= 0.6 is 0 Å². The molecule has 2 aromatic carbocycles. The Hall–Kier alpha value is -3.81. The van der Waals surface area contributed by atoms with Crippen molar-refractivity contribution in [3.05, 3.63) is 71.0 Å². The molecule has 8 heteroatoms. The van der Waals surface area contributed by atoms with Crippen LogP contribution in [0.25, 0.3) is 5.69 Å². The number of aryl methyl sites for hydroxylation is 1. The second-order valence-electron chi connectivity index (χ2n) is 7.44. The SMILES string of the molecule is COC(=O)CCc1c(C)nn(-c2ccc(C(=O)NCCOc3ccccc3OC)cc2)c1C. The zero-order valence-corrected chi connectivity index (χ0v) is 19.4. The second-order valence-corrected chi connectivity index (χ2v) is 7.44. The first-order valence-electron chi connectivity index (χ1n) is 10.7. The minimum absolute atomic E-state index is 0.183. The van der Waals surface area contributed by atoms with Crippen LogP contribution in [0.15, 0.2) is 48.5 Å². The van der Waals surface area contributed by atoms with Gasteiger partial charge in [-0.1, -0.05) is 12.1 Å². The third-order valence-corrected chi connectivity index (χ3v) is 5.34. The highest BCUT2D eigenvalue weighted by atomic mass is 16.5. The Kier molecular flexibility index (Phi) is 8.07. The Morgan fingerprint density at radius 2 is 1.70 bits per heavy atom. The molecule has 8 nitrogen and oxygen atoms in total. The fraction of sp³-hybridized carbons (Fsp3) is 0.320. The van der Waals surface area contributed by atoms with E-state index in [4.69, 9.17) is 14.2 Å². The molecule has 1 N–H and O–H groups in total. The lowest BCUT2D eigenvalue weighted by Crippen LogP contribution is -2.28. The van der Waals surface area contributed by atoms with Crippen molar-refractivity contribution in [3.8, 4) is 17.2 Å². The number of carbonyl (C=O) groups excluding carboxylic acids is 2. The predicted octanol–water partition coefficient (Wildman–Crippen LogP) is 3.41. The van der Waals surface area contributed by atoms with Crippen LogP contribution in [-0.2, 0) is 16.0 Å². The quantitative estimate of drug-likeness (QED) is 0.375. The van der Waals surface area contributed by atoms with Crippen LogP contribution < -0.4 is 14.8 Å². The van der Waals surface area contributed by atoms with Gasteiger partial charge in [0.15, 0.2) is 11.5 Å². The standard InChI is InChI=1S/C25H29N3O5/c1-17-21(13-14-24(29)32-4)18(2)28(27-17)20-11-9-19(10-12-20)25(30)26-15-16-33-23-8-6-5-7-22(23)31-3/h5-12H,13-16H2,1-4H3,(H,26,30). The summed E-state index contributed by atoms with van der Waals surface area (Å²) >= 11 is 0. The Morgan fingerprint density at radius 3 is 2.36 bits per heavy atom. The lowest BCUT2D eigenvalue weighted by molar-refractivity contribution is -0.140. The van der Waals surface area contributed by atoms with Crippen molar-refractivity contribution < 1.29 is 23.8 Å². The van der Waals surface area contributed by atoms with Crippen molar-refractivity contribution in [1.29, 1.82) is 0 Å². The Labute approximate surface area is 193 Å². The van der Waals surface area contributed by atoms with E-state index in [1.165, 1.54) is 7.11 Å². The van der Waals surface area contributed by atoms with Gasteiger partial charge >= 0.3 is 5.97 Å². The van der Waals surface area contributed by atoms with E-state index in [1.54, 1.807) is 19.2 Å². The number of benzene rings is 2. The third kappa shape index (κ3) is 5.91. The molecule has 0 radical (unpaired) electrons. The van der Waals surface area contributed by atoms with Gasteiger partial charge in [-0.15, -0.1) is 0 Å². The average molecular weight is 452 g/mol. The molecule has 33 heavy (non-hydrogen) atoms. The van der Waals surface area contributed by atoms with Crippen molar-refractivity contribution in [2.24, 2.45) is 0 Å². The summed E-state index contributed by atoms with van der Waals surface area (Å²) in [6.07, 6.45) is 0.880. The van der Waals surface area contributed by atoms with Gasteiger partial charge in [0.2, 0.25) is 0 Å². The molecule has 0 aliphatic rings. The van der Waals surface area contributed by atoms with Crippen molar-refractivity contribution >= 4 is 11.9 Å². The zero-order valence-electron chi connectivity index (χ0n) is 19.4. The molecule has 1 amide bonds. The maximum Gasteiger partial charge on any atom is 0.305 e. The highest BCUT2D eigenvalue weighted by Gasteiger charge is 2.15. The second kappa shape index (κ2) is 11.2. The summed E-state index contributed by atoms with van der Waals surface area (Å²) < 4.78 is 17.5. The van der Waals surface area contributed by atoms with Crippen molar-refractivity contribution in [2.75, 3.05) is 27.4 Å². The summed E-state index contributed by atoms with van der Waals surface area (Å²) in [5, 5.41) is 7.45. The summed E-state index contributed by atoms with van der Waals surface area (Å²) in [4.78, 5) is 24.0. The first kappa shape index (κ1) is 23.8. The molecule has 0 saturated heterocycles. The van der Waals surface area contributed by atoms with E-state index in [2.05, 4.69) is 10.4 Å². The number of aromatic nitrogens is 2. The molecule has 0 atom stereocenters. The van der Waals surface area contributed by atoms with Gasteiger partial charge in [-0.3, -0.25) is 9.59 Å². The molecule has 0 unspecified atom stereocenters. The maximum absolute atomic E-state index is 12.5. The first-order chi connectivity index (χ1) is 15.9. The Morgan fingerprint density at radius 1 is 1.00 bits per heavy atom. The number of amides is 1. The smallest absolute Gasteiger partial charge is 0.305 e. The summed E-state index contributed by atoms with van der Waals surface area (Å²) in [6.45, 7) is 4.57. The topological polar surface area (TPSA) is 91.7 Å². The van der Waals surface area contributed by atoms with Crippen LogP contribution in [0.3, 0.4) is 0 Å². The predicted molar refractivity (Wildman–Crippen MR) is 124 cm³/mol. The average Bonchev–Trinajstić information content (AvgIpc) is 3.13. The highest BCUT2D eigenvalue weighted by Crippen LogP contribution is 2.25.